The molecule has 1 aliphatic heterocycles. The number of hydrogen-bond acceptors (Lipinski definition) is 3. The van der Waals surface area contributed by atoms with E-state index in [1.807, 2.05) is 18.2 Å². The number of benzene rings is 1. The number of hydrogen-bond donors (Lipinski definition) is 0. The van der Waals surface area contributed by atoms with Gasteiger partial charge < -0.3 is 14.4 Å². The van der Waals surface area contributed by atoms with E-state index in [2.05, 4.69) is 12.1 Å². The molecule has 98 valence electrons. The van der Waals surface area contributed by atoms with Crippen LogP contribution in [0.3, 0.4) is 0 Å². The highest BCUT2D eigenvalue weighted by atomic mass is 16.5. The van der Waals surface area contributed by atoms with E-state index in [9.17, 15) is 4.79 Å². The number of ether oxygens (including phenoxy) is 2. The van der Waals surface area contributed by atoms with Gasteiger partial charge in [-0.25, -0.2) is 4.79 Å². The lowest BCUT2D eigenvalue weighted by molar-refractivity contribution is -0.0275. The van der Waals surface area contributed by atoms with E-state index in [-0.39, 0.29) is 12.2 Å². The third-order valence-corrected chi connectivity index (χ3v) is 3.17. The molecule has 4 nitrogen and oxygen atoms in total. The van der Waals surface area contributed by atoms with Gasteiger partial charge in [0.1, 0.15) is 0 Å². The van der Waals surface area contributed by atoms with Crippen LogP contribution in [0.2, 0.25) is 0 Å². The molecule has 2 rings (SSSR count). The molecular formula is C14H19NO3. The largest absolute Gasteiger partial charge is 0.453 e. The van der Waals surface area contributed by atoms with Crippen molar-refractivity contribution in [1.82, 2.24) is 4.90 Å². The van der Waals surface area contributed by atoms with Crippen molar-refractivity contribution in [2.24, 2.45) is 0 Å². The van der Waals surface area contributed by atoms with E-state index in [0.29, 0.717) is 19.7 Å². The van der Waals surface area contributed by atoms with Gasteiger partial charge in [-0.3, -0.25) is 0 Å². The Labute approximate surface area is 107 Å². The van der Waals surface area contributed by atoms with Crippen LogP contribution in [-0.2, 0) is 15.9 Å². The molecule has 0 aliphatic carbocycles. The van der Waals surface area contributed by atoms with Crippen molar-refractivity contribution in [2.75, 3.05) is 26.8 Å². The first-order valence-corrected chi connectivity index (χ1v) is 6.28. The molecule has 1 fully saturated rings. The lowest BCUT2D eigenvalue weighted by atomic mass is 10.1. The Hall–Kier alpha value is -1.55. The minimum absolute atomic E-state index is 0.109. The van der Waals surface area contributed by atoms with E-state index in [4.69, 9.17) is 9.47 Å². The average Bonchev–Trinajstić information content (AvgIpc) is 2.45. The highest BCUT2D eigenvalue weighted by molar-refractivity contribution is 5.67. The van der Waals surface area contributed by atoms with Crippen molar-refractivity contribution in [2.45, 2.75) is 18.9 Å². The van der Waals surface area contributed by atoms with Crippen LogP contribution in [0.1, 0.15) is 12.0 Å². The first-order chi connectivity index (χ1) is 8.79. The second-order valence-electron chi connectivity index (χ2n) is 4.43. The maximum Gasteiger partial charge on any atom is 0.409 e. The van der Waals surface area contributed by atoms with Crippen molar-refractivity contribution in [3.05, 3.63) is 35.9 Å². The Morgan fingerprint density at radius 2 is 2.22 bits per heavy atom. The summed E-state index contributed by atoms with van der Waals surface area (Å²) in [7, 11) is 1.41. The van der Waals surface area contributed by atoms with Crippen LogP contribution in [0, 0.1) is 0 Å². The number of methoxy groups -OCH3 is 1. The van der Waals surface area contributed by atoms with Crippen LogP contribution in [0.25, 0.3) is 0 Å². The quantitative estimate of drug-likeness (QED) is 0.823. The second kappa shape index (κ2) is 6.40. The fraction of sp³-hybridized carbons (Fsp3) is 0.500. The predicted molar refractivity (Wildman–Crippen MR) is 68.5 cm³/mol. The summed E-state index contributed by atoms with van der Waals surface area (Å²) in [6.45, 7) is 1.84. The third-order valence-electron chi connectivity index (χ3n) is 3.17. The topological polar surface area (TPSA) is 38.8 Å². The van der Waals surface area contributed by atoms with Crippen molar-refractivity contribution in [1.29, 1.82) is 0 Å². The Balaban J connectivity index is 1.81. The van der Waals surface area contributed by atoms with Crippen LogP contribution >= 0.6 is 0 Å². The molecule has 1 atom stereocenters. The molecular weight excluding hydrogens is 230 g/mol. The zero-order valence-electron chi connectivity index (χ0n) is 10.7. The molecule has 18 heavy (non-hydrogen) atoms. The number of carbonyl (C=O) groups excluding carboxylic acids is 1. The lowest BCUT2D eigenvalue weighted by Gasteiger charge is -2.31. The maximum absolute atomic E-state index is 11.4. The zero-order chi connectivity index (χ0) is 12.8. The van der Waals surface area contributed by atoms with Crippen LogP contribution in [0.4, 0.5) is 4.79 Å². The number of carbonyl (C=O) groups is 1. The summed E-state index contributed by atoms with van der Waals surface area (Å²) >= 11 is 0. The first kappa shape index (κ1) is 12.9. The number of nitrogens with zero attached hydrogens (tertiary/aromatic N) is 1. The predicted octanol–water partition coefficient (Wildman–Crippen LogP) is 2.09. The third kappa shape index (κ3) is 3.47. The van der Waals surface area contributed by atoms with Gasteiger partial charge in [0, 0.05) is 6.54 Å². The Morgan fingerprint density at radius 3 is 2.94 bits per heavy atom. The van der Waals surface area contributed by atoms with Crippen LogP contribution < -0.4 is 0 Å². The van der Waals surface area contributed by atoms with Crippen LogP contribution in [0.15, 0.2) is 30.3 Å². The molecule has 0 N–H and O–H groups in total. The van der Waals surface area contributed by atoms with E-state index in [1.54, 1.807) is 4.90 Å². The maximum atomic E-state index is 11.4. The summed E-state index contributed by atoms with van der Waals surface area (Å²) in [6, 6.07) is 10.3. The van der Waals surface area contributed by atoms with Crippen molar-refractivity contribution < 1.29 is 14.3 Å². The minimum Gasteiger partial charge on any atom is -0.453 e. The number of rotatable bonds is 3. The SMILES string of the molecule is COC(=O)N1CCOC(CCc2ccccc2)C1. The Morgan fingerprint density at radius 1 is 1.44 bits per heavy atom. The lowest BCUT2D eigenvalue weighted by Crippen LogP contribution is -2.45. The van der Waals surface area contributed by atoms with E-state index >= 15 is 0 Å². The molecule has 1 saturated heterocycles. The summed E-state index contributed by atoms with van der Waals surface area (Å²) in [5, 5.41) is 0. The fourth-order valence-electron chi connectivity index (χ4n) is 2.16. The van der Waals surface area contributed by atoms with Gasteiger partial charge in [-0.15, -0.1) is 0 Å². The number of morpholine rings is 1. The fourth-order valence-corrected chi connectivity index (χ4v) is 2.16. The average molecular weight is 249 g/mol. The standard InChI is InChI=1S/C14H19NO3/c1-17-14(16)15-9-10-18-13(11-15)8-7-12-5-3-2-4-6-12/h2-6,13H,7-11H2,1H3. The molecule has 1 aliphatic rings. The normalized spacial score (nSPS) is 19.6. The van der Waals surface area contributed by atoms with Gasteiger partial charge in [0.15, 0.2) is 0 Å². The summed E-state index contributed by atoms with van der Waals surface area (Å²) in [5.74, 6) is 0. The highest BCUT2D eigenvalue weighted by Crippen LogP contribution is 2.13. The first-order valence-electron chi connectivity index (χ1n) is 6.28. The van der Waals surface area contributed by atoms with Crippen molar-refractivity contribution in [3.63, 3.8) is 0 Å². The van der Waals surface area contributed by atoms with Gasteiger partial charge in [0.05, 0.1) is 26.4 Å². The summed E-state index contributed by atoms with van der Waals surface area (Å²) < 4.78 is 10.4. The van der Waals surface area contributed by atoms with Crippen molar-refractivity contribution in [3.8, 4) is 0 Å². The Bertz CT molecular complexity index is 380. The molecule has 0 aromatic heterocycles. The van der Waals surface area contributed by atoms with Crippen LogP contribution in [-0.4, -0.2) is 43.9 Å². The second-order valence-corrected chi connectivity index (χ2v) is 4.43. The van der Waals surface area contributed by atoms with Crippen LogP contribution in [0.5, 0.6) is 0 Å². The highest BCUT2D eigenvalue weighted by Gasteiger charge is 2.24. The molecule has 4 heteroatoms. The Kier molecular flexibility index (Phi) is 4.59. The van der Waals surface area contributed by atoms with Crippen molar-refractivity contribution >= 4 is 6.09 Å². The number of aryl methyl sites for hydroxylation is 1. The molecule has 1 aromatic carbocycles. The van der Waals surface area contributed by atoms with Gasteiger partial charge in [0.25, 0.3) is 0 Å². The molecule has 0 radical (unpaired) electrons. The van der Waals surface area contributed by atoms with Gasteiger partial charge in [-0.1, -0.05) is 30.3 Å². The number of amides is 1. The summed E-state index contributed by atoms with van der Waals surface area (Å²) in [5.41, 5.74) is 1.30. The van der Waals surface area contributed by atoms with E-state index < -0.39 is 0 Å². The smallest absolute Gasteiger partial charge is 0.409 e. The zero-order valence-corrected chi connectivity index (χ0v) is 10.7. The van der Waals surface area contributed by atoms with Gasteiger partial charge in [0.2, 0.25) is 0 Å². The molecule has 0 spiro atoms. The van der Waals surface area contributed by atoms with E-state index in [0.717, 1.165) is 12.8 Å². The molecule has 1 unspecified atom stereocenters. The molecule has 1 heterocycles. The summed E-state index contributed by atoms with van der Waals surface area (Å²) in [4.78, 5) is 13.1. The molecule has 1 amide bonds. The summed E-state index contributed by atoms with van der Waals surface area (Å²) in [6.07, 6.45) is 1.75. The minimum atomic E-state index is -0.261. The monoisotopic (exact) mass is 249 g/mol. The van der Waals surface area contributed by atoms with Gasteiger partial charge >= 0.3 is 6.09 Å². The van der Waals surface area contributed by atoms with Gasteiger partial charge in [-0.05, 0) is 18.4 Å². The molecule has 0 bridgehead atoms. The molecule has 1 aromatic rings. The van der Waals surface area contributed by atoms with Gasteiger partial charge in [-0.2, -0.15) is 0 Å². The molecule has 0 saturated carbocycles. The van der Waals surface area contributed by atoms with E-state index in [1.165, 1.54) is 12.7 Å².